The van der Waals surface area contributed by atoms with E-state index in [1.165, 1.54) is 0 Å². The normalized spacial score (nSPS) is 30.5. The molecule has 1 aliphatic rings. The first-order valence-electron chi connectivity index (χ1n) is 4.33. The lowest BCUT2D eigenvalue weighted by molar-refractivity contribution is 0.128. The summed E-state index contributed by atoms with van der Waals surface area (Å²) in [6, 6.07) is 1.92. The van der Waals surface area contributed by atoms with Crippen LogP contribution in [0.25, 0.3) is 0 Å². The zero-order chi connectivity index (χ0) is 10.5. The monoisotopic (exact) mass is 202 g/mol. The van der Waals surface area contributed by atoms with Gasteiger partial charge in [0.25, 0.3) is 0 Å². The average Bonchev–Trinajstić information content (AvgIpc) is 2.71. The number of aliphatic hydroxyl groups is 1. The molecule has 0 aromatic heterocycles. The van der Waals surface area contributed by atoms with Gasteiger partial charge in [0, 0.05) is 5.56 Å². The third-order valence-electron chi connectivity index (χ3n) is 2.77. The number of halogens is 3. The van der Waals surface area contributed by atoms with Crippen molar-refractivity contribution in [3.8, 4) is 0 Å². The van der Waals surface area contributed by atoms with Gasteiger partial charge < -0.3 is 5.11 Å². The van der Waals surface area contributed by atoms with Gasteiger partial charge in [-0.05, 0) is 18.4 Å². The van der Waals surface area contributed by atoms with Crippen LogP contribution < -0.4 is 0 Å². The molecule has 1 aliphatic carbocycles. The number of benzene rings is 1. The minimum atomic E-state index is -1.52. The highest BCUT2D eigenvalue weighted by Gasteiger charge is 2.52. The lowest BCUT2D eigenvalue weighted by Gasteiger charge is -2.11. The Morgan fingerprint density at radius 3 is 2.36 bits per heavy atom. The molecule has 2 rings (SSSR count). The smallest absolute Gasteiger partial charge is 0.194 e. The third-order valence-corrected chi connectivity index (χ3v) is 2.77. The second-order valence-corrected chi connectivity index (χ2v) is 3.75. The number of hydrogen-bond acceptors (Lipinski definition) is 1. The van der Waals surface area contributed by atoms with E-state index >= 15 is 0 Å². The van der Waals surface area contributed by atoms with Gasteiger partial charge in [-0.25, -0.2) is 13.2 Å². The fraction of sp³-hybridized carbons (Fsp3) is 0.400. The first-order valence-corrected chi connectivity index (χ1v) is 4.33. The van der Waals surface area contributed by atoms with Gasteiger partial charge in [-0.15, -0.1) is 0 Å². The summed E-state index contributed by atoms with van der Waals surface area (Å²) in [5, 5.41) is 9.74. The van der Waals surface area contributed by atoms with Gasteiger partial charge in [-0.3, -0.25) is 0 Å². The van der Waals surface area contributed by atoms with E-state index in [1.807, 2.05) is 0 Å². The summed E-state index contributed by atoms with van der Waals surface area (Å²) >= 11 is 0. The molecule has 1 nitrogen and oxygen atoms in total. The largest absolute Gasteiger partial charge is 0.385 e. The summed E-state index contributed by atoms with van der Waals surface area (Å²) in [6.07, 6.45) is 0.384. The SMILES string of the molecule is CC1CC1(O)c1ccc(F)c(F)c1F. The van der Waals surface area contributed by atoms with E-state index in [9.17, 15) is 18.3 Å². The number of hydrogen-bond donors (Lipinski definition) is 1. The summed E-state index contributed by atoms with van der Waals surface area (Å²) in [7, 11) is 0. The lowest BCUT2D eigenvalue weighted by atomic mass is 10.0. The maximum atomic E-state index is 13.2. The van der Waals surface area contributed by atoms with Crippen LogP contribution in [0.1, 0.15) is 18.9 Å². The van der Waals surface area contributed by atoms with Crippen molar-refractivity contribution in [2.24, 2.45) is 5.92 Å². The highest BCUT2D eigenvalue weighted by molar-refractivity contribution is 5.31. The van der Waals surface area contributed by atoms with Crippen molar-refractivity contribution in [3.05, 3.63) is 35.1 Å². The summed E-state index contributed by atoms with van der Waals surface area (Å²) in [4.78, 5) is 0. The minimum Gasteiger partial charge on any atom is -0.385 e. The maximum absolute atomic E-state index is 13.2. The van der Waals surface area contributed by atoms with Crippen molar-refractivity contribution in [3.63, 3.8) is 0 Å². The molecule has 0 saturated heterocycles. The highest BCUT2D eigenvalue weighted by atomic mass is 19.2. The van der Waals surface area contributed by atoms with E-state index in [1.54, 1.807) is 6.92 Å². The molecule has 2 atom stereocenters. The Bertz CT molecular complexity index is 391. The molecule has 1 fully saturated rings. The molecule has 2 unspecified atom stereocenters. The van der Waals surface area contributed by atoms with Crippen molar-refractivity contribution in [1.29, 1.82) is 0 Å². The van der Waals surface area contributed by atoms with Crippen molar-refractivity contribution in [2.45, 2.75) is 18.9 Å². The molecule has 1 aromatic rings. The zero-order valence-corrected chi connectivity index (χ0v) is 7.52. The van der Waals surface area contributed by atoms with Gasteiger partial charge in [0.2, 0.25) is 0 Å². The minimum absolute atomic E-state index is 0.109. The molecule has 76 valence electrons. The van der Waals surface area contributed by atoms with Crippen LogP contribution in [-0.2, 0) is 5.60 Å². The van der Waals surface area contributed by atoms with Crippen LogP contribution in [0.4, 0.5) is 13.2 Å². The Balaban J connectivity index is 2.51. The third kappa shape index (κ3) is 1.14. The molecular weight excluding hydrogens is 193 g/mol. The molecule has 0 heterocycles. The molecular formula is C10H9F3O. The van der Waals surface area contributed by atoms with Crippen LogP contribution in [-0.4, -0.2) is 5.11 Å². The van der Waals surface area contributed by atoms with E-state index in [-0.39, 0.29) is 11.5 Å². The van der Waals surface area contributed by atoms with Gasteiger partial charge in [0.15, 0.2) is 17.5 Å². The molecule has 1 N–H and O–H groups in total. The molecule has 0 spiro atoms. The van der Waals surface area contributed by atoms with Crippen LogP contribution in [0.2, 0.25) is 0 Å². The van der Waals surface area contributed by atoms with Crippen LogP contribution in [0.3, 0.4) is 0 Å². The van der Waals surface area contributed by atoms with Gasteiger partial charge >= 0.3 is 0 Å². The highest BCUT2D eigenvalue weighted by Crippen LogP contribution is 2.52. The van der Waals surface area contributed by atoms with Gasteiger partial charge in [-0.1, -0.05) is 13.0 Å². The Kier molecular flexibility index (Phi) is 1.86. The van der Waals surface area contributed by atoms with E-state index < -0.39 is 23.1 Å². The summed E-state index contributed by atoms with van der Waals surface area (Å²) < 4.78 is 38.6. The van der Waals surface area contributed by atoms with Crippen LogP contribution in [0.5, 0.6) is 0 Å². The first-order chi connectivity index (χ1) is 6.47. The fourth-order valence-corrected chi connectivity index (χ4v) is 1.64. The predicted octanol–water partition coefficient (Wildman–Crippen LogP) is 2.33. The average molecular weight is 202 g/mol. The second-order valence-electron chi connectivity index (χ2n) is 3.75. The summed E-state index contributed by atoms with van der Waals surface area (Å²) in [5.74, 6) is -4.14. The van der Waals surface area contributed by atoms with Crippen molar-refractivity contribution in [1.82, 2.24) is 0 Å². The van der Waals surface area contributed by atoms with Crippen molar-refractivity contribution in [2.75, 3.05) is 0 Å². The molecule has 14 heavy (non-hydrogen) atoms. The molecule has 0 radical (unpaired) electrons. The lowest BCUT2D eigenvalue weighted by Crippen LogP contribution is -2.12. The Morgan fingerprint density at radius 1 is 1.29 bits per heavy atom. The molecule has 1 saturated carbocycles. The summed E-state index contributed by atoms with van der Waals surface area (Å²) in [5.41, 5.74) is -1.46. The van der Waals surface area contributed by atoms with E-state index in [4.69, 9.17) is 0 Å². The van der Waals surface area contributed by atoms with Gasteiger partial charge in [0.05, 0.1) is 5.60 Å². The van der Waals surface area contributed by atoms with Crippen LogP contribution in [0, 0.1) is 23.4 Å². The first kappa shape index (κ1) is 9.52. The second kappa shape index (κ2) is 2.73. The van der Waals surface area contributed by atoms with E-state index in [2.05, 4.69) is 0 Å². The van der Waals surface area contributed by atoms with E-state index in [0.717, 1.165) is 12.1 Å². The molecule has 1 aromatic carbocycles. The Hall–Kier alpha value is -1.03. The van der Waals surface area contributed by atoms with Crippen molar-refractivity contribution >= 4 is 0 Å². The maximum Gasteiger partial charge on any atom is 0.194 e. The molecule has 0 aliphatic heterocycles. The quantitative estimate of drug-likeness (QED) is 0.693. The topological polar surface area (TPSA) is 20.2 Å². The van der Waals surface area contributed by atoms with Crippen LogP contribution in [0.15, 0.2) is 12.1 Å². The molecule has 4 heteroatoms. The van der Waals surface area contributed by atoms with E-state index in [0.29, 0.717) is 6.42 Å². The van der Waals surface area contributed by atoms with Crippen LogP contribution >= 0.6 is 0 Å². The fourth-order valence-electron chi connectivity index (χ4n) is 1.64. The van der Waals surface area contributed by atoms with Gasteiger partial charge in [-0.2, -0.15) is 0 Å². The standard InChI is InChI=1S/C10H9F3O/c1-5-4-10(5,14)6-2-3-7(11)9(13)8(6)12/h2-3,5,14H,4H2,1H3. The molecule has 0 bridgehead atoms. The zero-order valence-electron chi connectivity index (χ0n) is 7.52. The summed E-state index contributed by atoms with van der Waals surface area (Å²) in [6.45, 7) is 1.72. The van der Waals surface area contributed by atoms with Gasteiger partial charge in [0.1, 0.15) is 0 Å². The Labute approximate surface area is 79.2 Å². The molecule has 0 amide bonds. The Morgan fingerprint density at radius 2 is 1.86 bits per heavy atom. The predicted molar refractivity (Wildman–Crippen MR) is 44.0 cm³/mol. The van der Waals surface area contributed by atoms with Crippen molar-refractivity contribution < 1.29 is 18.3 Å². The number of rotatable bonds is 1.